The lowest BCUT2D eigenvalue weighted by atomic mass is 9.99. The average molecular weight is 270 g/mol. The lowest BCUT2D eigenvalue weighted by molar-refractivity contribution is -0.121. The maximum atomic E-state index is 11.7. The Morgan fingerprint density at radius 3 is 2.74 bits per heavy atom. The van der Waals surface area contributed by atoms with E-state index in [1.54, 1.807) is 0 Å². The molecule has 1 aliphatic heterocycles. The third-order valence-corrected chi connectivity index (χ3v) is 3.06. The Balaban J connectivity index is 2.21. The number of rotatable bonds is 5. The van der Waals surface area contributed by atoms with E-state index in [-0.39, 0.29) is 18.5 Å². The second-order valence-corrected chi connectivity index (χ2v) is 5.59. The number of likely N-dealkylation sites (N-methyl/N-ethyl adjacent to an activating group) is 1. The smallest absolute Gasteiger partial charge is 0.321 e. The summed E-state index contributed by atoms with van der Waals surface area (Å²) < 4.78 is 0. The van der Waals surface area contributed by atoms with Crippen LogP contribution in [0.25, 0.3) is 0 Å². The summed E-state index contributed by atoms with van der Waals surface area (Å²) >= 11 is 0. The minimum atomic E-state index is -0.423. The highest BCUT2D eigenvalue weighted by Crippen LogP contribution is 2.10. The van der Waals surface area contributed by atoms with E-state index in [0.717, 1.165) is 19.6 Å². The van der Waals surface area contributed by atoms with Crippen LogP contribution in [0.5, 0.6) is 0 Å². The Kier molecular flexibility index (Phi) is 6.80. The van der Waals surface area contributed by atoms with Crippen molar-refractivity contribution in [1.82, 2.24) is 20.9 Å². The van der Waals surface area contributed by atoms with Crippen LogP contribution < -0.4 is 16.0 Å². The van der Waals surface area contributed by atoms with Crippen molar-refractivity contribution in [3.63, 3.8) is 0 Å². The van der Waals surface area contributed by atoms with Gasteiger partial charge in [0.15, 0.2) is 0 Å². The Hall–Kier alpha value is -1.14. The van der Waals surface area contributed by atoms with Crippen LogP contribution in [0.4, 0.5) is 4.79 Å². The van der Waals surface area contributed by atoms with Crippen molar-refractivity contribution in [2.45, 2.75) is 32.7 Å². The van der Waals surface area contributed by atoms with Crippen molar-refractivity contribution in [2.24, 2.45) is 5.92 Å². The molecule has 1 rings (SSSR count). The first-order valence-corrected chi connectivity index (χ1v) is 6.97. The van der Waals surface area contributed by atoms with Crippen LogP contribution in [-0.4, -0.2) is 56.1 Å². The number of piperidine rings is 1. The van der Waals surface area contributed by atoms with Crippen molar-refractivity contribution < 1.29 is 9.59 Å². The quantitative estimate of drug-likeness (QED) is 0.665. The predicted octanol–water partition coefficient (Wildman–Crippen LogP) is 0.152. The molecule has 19 heavy (non-hydrogen) atoms. The molecule has 0 radical (unpaired) electrons. The topological polar surface area (TPSA) is 73.5 Å². The van der Waals surface area contributed by atoms with Crippen LogP contribution in [0, 0.1) is 5.92 Å². The van der Waals surface area contributed by atoms with E-state index in [0.29, 0.717) is 5.92 Å². The molecule has 3 amide bonds. The van der Waals surface area contributed by atoms with Crippen molar-refractivity contribution in [1.29, 1.82) is 0 Å². The molecule has 110 valence electrons. The number of hydrogen-bond acceptors (Lipinski definition) is 4. The van der Waals surface area contributed by atoms with Crippen molar-refractivity contribution >= 4 is 11.9 Å². The third kappa shape index (κ3) is 7.12. The van der Waals surface area contributed by atoms with Gasteiger partial charge in [-0.05, 0) is 52.7 Å². The molecule has 1 unspecified atom stereocenters. The van der Waals surface area contributed by atoms with Crippen LogP contribution in [0.3, 0.4) is 0 Å². The molecule has 1 aliphatic rings. The molecule has 0 aromatic rings. The van der Waals surface area contributed by atoms with Crippen LogP contribution in [0.2, 0.25) is 0 Å². The van der Waals surface area contributed by atoms with Crippen molar-refractivity contribution in [2.75, 3.05) is 33.2 Å². The van der Waals surface area contributed by atoms with E-state index in [4.69, 9.17) is 0 Å². The predicted molar refractivity (Wildman–Crippen MR) is 74.9 cm³/mol. The minimum absolute atomic E-state index is 0.0267. The van der Waals surface area contributed by atoms with E-state index in [1.807, 2.05) is 25.8 Å². The molecular formula is C13H26N4O2. The number of nitrogens with zero attached hydrogens (tertiary/aromatic N) is 1. The summed E-state index contributed by atoms with van der Waals surface area (Å²) in [6.45, 7) is 6.95. The van der Waals surface area contributed by atoms with E-state index in [2.05, 4.69) is 16.0 Å². The summed E-state index contributed by atoms with van der Waals surface area (Å²) in [6.07, 6.45) is 2.40. The first-order valence-electron chi connectivity index (χ1n) is 6.97. The van der Waals surface area contributed by atoms with E-state index in [9.17, 15) is 9.59 Å². The van der Waals surface area contributed by atoms with Gasteiger partial charge in [0.05, 0.1) is 6.54 Å². The zero-order valence-corrected chi connectivity index (χ0v) is 12.2. The fourth-order valence-corrected chi connectivity index (χ4v) is 2.29. The number of carbonyl (C=O) groups excluding carboxylic acids is 2. The third-order valence-electron chi connectivity index (χ3n) is 3.06. The number of urea groups is 1. The number of amides is 3. The van der Waals surface area contributed by atoms with Crippen LogP contribution in [-0.2, 0) is 4.79 Å². The highest BCUT2D eigenvalue weighted by Gasteiger charge is 2.17. The zero-order valence-electron chi connectivity index (χ0n) is 12.2. The van der Waals surface area contributed by atoms with Gasteiger partial charge in [-0.1, -0.05) is 0 Å². The summed E-state index contributed by atoms with van der Waals surface area (Å²) in [4.78, 5) is 25.0. The van der Waals surface area contributed by atoms with Gasteiger partial charge in [0.1, 0.15) is 0 Å². The van der Waals surface area contributed by atoms with Crippen LogP contribution in [0.1, 0.15) is 26.7 Å². The highest BCUT2D eigenvalue weighted by molar-refractivity contribution is 5.95. The van der Waals surface area contributed by atoms with Crippen molar-refractivity contribution in [3.05, 3.63) is 0 Å². The first-order chi connectivity index (χ1) is 8.97. The molecule has 0 spiro atoms. The molecule has 6 heteroatoms. The minimum Gasteiger partial charge on any atom is -0.336 e. The molecule has 3 N–H and O–H groups in total. The second-order valence-electron chi connectivity index (χ2n) is 5.59. The van der Waals surface area contributed by atoms with Crippen LogP contribution >= 0.6 is 0 Å². The summed E-state index contributed by atoms with van der Waals surface area (Å²) in [7, 11) is 1.91. The molecule has 0 aromatic heterocycles. The monoisotopic (exact) mass is 270 g/mol. The molecule has 1 heterocycles. The van der Waals surface area contributed by atoms with Gasteiger partial charge in [-0.15, -0.1) is 0 Å². The molecule has 1 atom stereocenters. The maximum absolute atomic E-state index is 11.7. The van der Waals surface area contributed by atoms with Gasteiger partial charge in [0, 0.05) is 12.6 Å². The SMILES string of the molecule is CC(C)NC(=O)NC(=O)CN(C)CC1CCCNC1. The summed E-state index contributed by atoms with van der Waals surface area (Å²) in [5.41, 5.74) is 0. The summed E-state index contributed by atoms with van der Waals surface area (Å²) in [5.74, 6) is 0.334. The molecule has 0 saturated carbocycles. The van der Waals surface area contributed by atoms with Gasteiger partial charge in [-0.2, -0.15) is 0 Å². The summed E-state index contributed by atoms with van der Waals surface area (Å²) in [5, 5.41) is 8.32. The number of imide groups is 1. The maximum Gasteiger partial charge on any atom is 0.321 e. The zero-order chi connectivity index (χ0) is 14.3. The highest BCUT2D eigenvalue weighted by atomic mass is 16.2. The Morgan fingerprint density at radius 1 is 1.42 bits per heavy atom. The molecule has 6 nitrogen and oxygen atoms in total. The Labute approximate surface area is 115 Å². The van der Waals surface area contributed by atoms with Gasteiger partial charge in [-0.3, -0.25) is 15.0 Å². The molecular weight excluding hydrogens is 244 g/mol. The van der Waals surface area contributed by atoms with Crippen LogP contribution in [0.15, 0.2) is 0 Å². The van der Waals surface area contributed by atoms with E-state index < -0.39 is 6.03 Å². The Bertz CT molecular complexity index is 301. The van der Waals surface area contributed by atoms with Gasteiger partial charge in [0.25, 0.3) is 0 Å². The van der Waals surface area contributed by atoms with E-state index in [1.165, 1.54) is 12.8 Å². The lowest BCUT2D eigenvalue weighted by Crippen LogP contribution is -2.47. The molecule has 0 aliphatic carbocycles. The van der Waals surface area contributed by atoms with Gasteiger partial charge >= 0.3 is 6.03 Å². The molecule has 1 saturated heterocycles. The lowest BCUT2D eigenvalue weighted by Gasteiger charge is -2.27. The van der Waals surface area contributed by atoms with Gasteiger partial charge in [-0.25, -0.2) is 4.79 Å². The molecule has 0 bridgehead atoms. The average Bonchev–Trinajstić information content (AvgIpc) is 2.28. The van der Waals surface area contributed by atoms with Gasteiger partial charge in [0.2, 0.25) is 5.91 Å². The normalized spacial score (nSPS) is 19.5. The second kappa shape index (κ2) is 8.12. The largest absolute Gasteiger partial charge is 0.336 e. The summed E-state index contributed by atoms with van der Waals surface area (Å²) in [6, 6.07) is -0.397. The van der Waals surface area contributed by atoms with Crippen molar-refractivity contribution in [3.8, 4) is 0 Å². The van der Waals surface area contributed by atoms with E-state index >= 15 is 0 Å². The molecule has 1 fully saturated rings. The fraction of sp³-hybridized carbons (Fsp3) is 0.846. The number of carbonyl (C=O) groups is 2. The molecule has 0 aromatic carbocycles. The standard InChI is InChI=1S/C13H26N4O2/c1-10(2)15-13(19)16-12(18)9-17(3)8-11-5-4-6-14-7-11/h10-11,14H,4-9H2,1-3H3,(H2,15,16,18,19). The fourth-order valence-electron chi connectivity index (χ4n) is 2.29. The first kappa shape index (κ1) is 15.9. The Morgan fingerprint density at radius 2 is 2.16 bits per heavy atom. The number of nitrogens with one attached hydrogen (secondary N) is 3. The van der Waals surface area contributed by atoms with Gasteiger partial charge < -0.3 is 10.6 Å². The number of hydrogen-bond donors (Lipinski definition) is 3.